The number of fused-ring (bicyclic) bond motifs is 2. The van der Waals surface area contributed by atoms with Gasteiger partial charge >= 0.3 is 0 Å². The van der Waals surface area contributed by atoms with Crippen LogP contribution in [0.1, 0.15) is 23.5 Å². The molecule has 2 N–H and O–H groups in total. The number of benzene rings is 2. The minimum atomic E-state index is -0.179. The van der Waals surface area contributed by atoms with E-state index in [1.807, 2.05) is 24.3 Å². The van der Waals surface area contributed by atoms with Crippen LogP contribution in [0.5, 0.6) is 11.5 Å². The maximum atomic E-state index is 12.4. The Bertz CT molecular complexity index is 1180. The number of thiazole rings is 1. The molecule has 2 aromatic carbocycles. The van der Waals surface area contributed by atoms with Crippen molar-refractivity contribution in [2.75, 3.05) is 12.4 Å². The number of phenols is 1. The molecule has 4 aromatic rings. The fourth-order valence-electron chi connectivity index (χ4n) is 3.52. The van der Waals surface area contributed by atoms with Crippen molar-refractivity contribution < 1.29 is 14.6 Å². The largest absolute Gasteiger partial charge is 0.504 e. The van der Waals surface area contributed by atoms with Gasteiger partial charge in [0.2, 0.25) is 11.0 Å². The van der Waals surface area contributed by atoms with E-state index in [0.717, 1.165) is 21.3 Å². The molecule has 0 unspecified atom stereocenters. The monoisotopic (exact) mass is 392 g/mol. The summed E-state index contributed by atoms with van der Waals surface area (Å²) in [6.07, 6.45) is 2.07. The van der Waals surface area contributed by atoms with Crippen LogP contribution < -0.4 is 10.1 Å². The molecule has 0 spiro atoms. The quantitative estimate of drug-likeness (QED) is 0.555. The summed E-state index contributed by atoms with van der Waals surface area (Å²) in [5, 5.41) is 18.0. The topological polar surface area (TPSA) is 89.3 Å². The molecule has 7 nitrogen and oxygen atoms in total. The second kappa shape index (κ2) is 6.35. The highest BCUT2D eigenvalue weighted by atomic mass is 32.1. The van der Waals surface area contributed by atoms with Crippen molar-refractivity contribution >= 4 is 33.3 Å². The van der Waals surface area contributed by atoms with E-state index in [2.05, 4.69) is 15.4 Å². The number of aromatic hydroxyl groups is 1. The maximum absolute atomic E-state index is 12.4. The highest BCUT2D eigenvalue weighted by Gasteiger charge is 2.31. The smallest absolute Gasteiger partial charge is 0.226 e. The third-order valence-electron chi connectivity index (χ3n) is 4.89. The number of phenolic OH excluding ortho intramolecular Hbond substituents is 1. The van der Waals surface area contributed by atoms with Crippen molar-refractivity contribution in [3.05, 3.63) is 59.8 Å². The van der Waals surface area contributed by atoms with Gasteiger partial charge in [-0.1, -0.05) is 29.5 Å². The van der Waals surface area contributed by atoms with E-state index in [0.29, 0.717) is 23.1 Å². The van der Waals surface area contributed by atoms with E-state index in [9.17, 15) is 9.90 Å². The maximum Gasteiger partial charge on any atom is 0.226 e. The van der Waals surface area contributed by atoms with Crippen LogP contribution in [0, 0.1) is 0 Å². The number of carbonyl (C=O) groups is 1. The molecule has 1 amide bonds. The number of carbonyl (C=O) groups excluding carboxylic acids is 1. The van der Waals surface area contributed by atoms with E-state index in [1.165, 1.54) is 18.4 Å². The Morgan fingerprint density at radius 3 is 2.96 bits per heavy atom. The van der Waals surface area contributed by atoms with E-state index >= 15 is 0 Å². The third kappa shape index (κ3) is 2.61. The SMILES string of the molecule is COc1cc([C@H]2CC(=O)Nc3c2cnn3-c2nc3ccccc3s2)ccc1O. The van der Waals surface area contributed by atoms with Crippen LogP contribution in [0.4, 0.5) is 5.82 Å². The number of rotatable bonds is 3. The van der Waals surface area contributed by atoms with Gasteiger partial charge in [0.15, 0.2) is 11.5 Å². The fraction of sp³-hybridized carbons (Fsp3) is 0.150. The first-order chi connectivity index (χ1) is 13.6. The van der Waals surface area contributed by atoms with E-state index in [1.54, 1.807) is 29.1 Å². The zero-order chi connectivity index (χ0) is 19.3. The number of anilines is 1. The molecular weight excluding hydrogens is 376 g/mol. The van der Waals surface area contributed by atoms with Crippen molar-refractivity contribution in [3.63, 3.8) is 0 Å². The van der Waals surface area contributed by atoms with Gasteiger partial charge < -0.3 is 15.2 Å². The highest BCUT2D eigenvalue weighted by Crippen LogP contribution is 2.41. The zero-order valence-electron chi connectivity index (χ0n) is 14.9. The van der Waals surface area contributed by atoms with Crippen LogP contribution in [-0.2, 0) is 4.79 Å². The fourth-order valence-corrected chi connectivity index (χ4v) is 4.45. The molecule has 0 fully saturated rings. The molecule has 0 bridgehead atoms. The van der Waals surface area contributed by atoms with E-state index in [-0.39, 0.29) is 17.6 Å². The molecule has 0 aliphatic carbocycles. The Balaban J connectivity index is 1.62. The summed E-state index contributed by atoms with van der Waals surface area (Å²) >= 11 is 1.52. The predicted octanol–water partition coefficient (Wildman–Crippen LogP) is 3.67. The molecule has 2 aromatic heterocycles. The Hall–Kier alpha value is -3.39. The second-order valence-corrected chi connectivity index (χ2v) is 7.57. The number of nitrogens with one attached hydrogen (secondary N) is 1. The standard InChI is InChI=1S/C20H16N4O3S/c1-27-16-8-11(6-7-15(16)25)12-9-18(26)23-19-13(12)10-21-24(19)20-22-14-4-2-3-5-17(14)28-20/h2-8,10,12,25H,9H2,1H3,(H,23,26)/t12-/m1/s1. The lowest BCUT2D eigenvalue weighted by molar-refractivity contribution is -0.116. The minimum Gasteiger partial charge on any atom is -0.504 e. The van der Waals surface area contributed by atoms with Crippen LogP contribution in [0.2, 0.25) is 0 Å². The molecule has 28 heavy (non-hydrogen) atoms. The van der Waals surface area contributed by atoms with Gasteiger partial charge in [0, 0.05) is 17.9 Å². The van der Waals surface area contributed by atoms with Crippen molar-refractivity contribution in [2.45, 2.75) is 12.3 Å². The van der Waals surface area contributed by atoms with Gasteiger partial charge in [-0.25, -0.2) is 4.98 Å². The Morgan fingerprint density at radius 2 is 2.14 bits per heavy atom. The van der Waals surface area contributed by atoms with Crippen LogP contribution in [0.15, 0.2) is 48.7 Å². The molecule has 1 aliphatic rings. The Labute approximate surface area is 164 Å². The number of aromatic nitrogens is 3. The first-order valence-electron chi connectivity index (χ1n) is 8.74. The van der Waals surface area contributed by atoms with E-state index < -0.39 is 0 Å². The van der Waals surface area contributed by atoms with Gasteiger partial charge in [-0.05, 0) is 29.8 Å². The molecule has 1 aliphatic heterocycles. The third-order valence-corrected chi connectivity index (χ3v) is 5.90. The molecule has 5 rings (SSSR count). The lowest BCUT2D eigenvalue weighted by Crippen LogP contribution is -2.24. The number of methoxy groups -OCH3 is 1. The van der Waals surface area contributed by atoms with Crippen LogP contribution in [0.25, 0.3) is 15.3 Å². The van der Waals surface area contributed by atoms with Crippen LogP contribution in [0.3, 0.4) is 0 Å². The number of ether oxygens (including phenoxy) is 1. The van der Waals surface area contributed by atoms with Gasteiger partial charge in [-0.2, -0.15) is 9.78 Å². The summed E-state index contributed by atoms with van der Waals surface area (Å²) in [6.45, 7) is 0. The number of para-hydroxylation sites is 1. The Morgan fingerprint density at radius 1 is 1.29 bits per heavy atom. The summed E-state index contributed by atoms with van der Waals surface area (Å²) in [5.41, 5.74) is 2.69. The lowest BCUT2D eigenvalue weighted by atomic mass is 9.87. The summed E-state index contributed by atoms with van der Waals surface area (Å²) in [7, 11) is 1.50. The molecule has 0 radical (unpaired) electrons. The highest BCUT2D eigenvalue weighted by molar-refractivity contribution is 7.20. The molecule has 3 heterocycles. The first kappa shape index (κ1) is 16.8. The number of nitrogens with zero attached hydrogens (tertiary/aromatic N) is 3. The average Bonchev–Trinajstić information content (AvgIpc) is 3.31. The van der Waals surface area contributed by atoms with Crippen molar-refractivity contribution in [1.29, 1.82) is 0 Å². The van der Waals surface area contributed by atoms with Gasteiger partial charge in [0.1, 0.15) is 5.82 Å². The van der Waals surface area contributed by atoms with Crippen molar-refractivity contribution in [1.82, 2.24) is 14.8 Å². The van der Waals surface area contributed by atoms with Gasteiger partial charge in [0.25, 0.3) is 0 Å². The zero-order valence-corrected chi connectivity index (χ0v) is 15.7. The van der Waals surface area contributed by atoms with Gasteiger partial charge in [0.05, 0.1) is 23.5 Å². The van der Waals surface area contributed by atoms with Gasteiger partial charge in [-0.3, -0.25) is 4.79 Å². The molecular formula is C20H16N4O3S. The summed E-state index contributed by atoms with van der Waals surface area (Å²) in [6, 6.07) is 13.0. The number of amides is 1. The average molecular weight is 392 g/mol. The molecule has 1 atom stereocenters. The summed E-state index contributed by atoms with van der Waals surface area (Å²) in [4.78, 5) is 17.1. The second-order valence-electron chi connectivity index (χ2n) is 6.56. The number of hydrogen-bond acceptors (Lipinski definition) is 6. The molecule has 140 valence electrons. The molecule has 0 saturated heterocycles. The minimum absolute atomic E-state index is 0.0666. The summed E-state index contributed by atoms with van der Waals surface area (Å²) in [5.74, 6) is 0.807. The number of hydrogen-bond donors (Lipinski definition) is 2. The first-order valence-corrected chi connectivity index (χ1v) is 9.56. The van der Waals surface area contributed by atoms with Crippen molar-refractivity contribution in [3.8, 4) is 16.6 Å². The van der Waals surface area contributed by atoms with E-state index in [4.69, 9.17) is 4.74 Å². The van der Waals surface area contributed by atoms with Crippen LogP contribution in [-0.4, -0.2) is 32.9 Å². The normalized spacial score (nSPS) is 16.0. The van der Waals surface area contributed by atoms with Crippen LogP contribution >= 0.6 is 11.3 Å². The van der Waals surface area contributed by atoms with Crippen molar-refractivity contribution in [2.24, 2.45) is 0 Å². The predicted molar refractivity (Wildman–Crippen MR) is 106 cm³/mol. The Kier molecular flexibility index (Phi) is 3.80. The van der Waals surface area contributed by atoms with Gasteiger partial charge in [-0.15, -0.1) is 0 Å². The lowest BCUT2D eigenvalue weighted by Gasteiger charge is -2.23. The molecule has 0 saturated carbocycles. The summed E-state index contributed by atoms with van der Waals surface area (Å²) < 4.78 is 7.96. The molecule has 8 heteroatoms.